The van der Waals surface area contributed by atoms with E-state index in [1.54, 1.807) is 11.1 Å². The number of amides is 2. The first-order valence-corrected chi connectivity index (χ1v) is 9.23. The fourth-order valence-electron chi connectivity index (χ4n) is 3.75. The number of likely N-dealkylation sites (tertiary alicyclic amines) is 1. The monoisotopic (exact) mass is 345 g/mol. The lowest BCUT2D eigenvalue weighted by Crippen LogP contribution is -2.49. The maximum atomic E-state index is 12.5. The van der Waals surface area contributed by atoms with Gasteiger partial charge in [-0.2, -0.15) is 0 Å². The highest BCUT2D eigenvalue weighted by molar-refractivity contribution is 5.83. The summed E-state index contributed by atoms with van der Waals surface area (Å²) >= 11 is 0. The van der Waals surface area contributed by atoms with E-state index in [-0.39, 0.29) is 17.7 Å². The van der Waals surface area contributed by atoms with Gasteiger partial charge in [-0.3, -0.25) is 14.6 Å². The minimum Gasteiger partial charge on any atom is -0.388 e. The second-order valence-electron chi connectivity index (χ2n) is 7.33. The van der Waals surface area contributed by atoms with Gasteiger partial charge < -0.3 is 15.3 Å². The van der Waals surface area contributed by atoms with Crippen molar-refractivity contribution in [2.24, 2.45) is 5.92 Å². The lowest BCUT2D eigenvalue weighted by atomic mass is 9.84. The molecule has 1 aliphatic carbocycles. The van der Waals surface area contributed by atoms with E-state index in [9.17, 15) is 14.7 Å². The van der Waals surface area contributed by atoms with Gasteiger partial charge in [-0.1, -0.05) is 25.3 Å². The first-order valence-electron chi connectivity index (χ1n) is 9.23. The van der Waals surface area contributed by atoms with Gasteiger partial charge >= 0.3 is 0 Å². The molecule has 25 heavy (non-hydrogen) atoms. The Balaban J connectivity index is 1.53. The van der Waals surface area contributed by atoms with Gasteiger partial charge in [0.2, 0.25) is 11.8 Å². The average molecular weight is 345 g/mol. The summed E-state index contributed by atoms with van der Waals surface area (Å²) in [6.45, 7) is 1.17. The Hall–Kier alpha value is -1.95. The molecule has 6 nitrogen and oxygen atoms in total. The fraction of sp³-hybridized carbons (Fsp3) is 0.632. The Morgan fingerprint density at radius 2 is 2.12 bits per heavy atom. The highest BCUT2D eigenvalue weighted by atomic mass is 16.3. The zero-order valence-electron chi connectivity index (χ0n) is 14.6. The van der Waals surface area contributed by atoms with E-state index in [0.717, 1.165) is 37.8 Å². The van der Waals surface area contributed by atoms with Crippen molar-refractivity contribution in [3.63, 3.8) is 0 Å². The molecule has 1 aromatic heterocycles. The Morgan fingerprint density at radius 3 is 2.84 bits per heavy atom. The second-order valence-corrected chi connectivity index (χ2v) is 7.33. The molecule has 2 heterocycles. The number of hydrogen-bond acceptors (Lipinski definition) is 4. The minimum atomic E-state index is -0.758. The number of pyridine rings is 1. The normalized spacial score (nSPS) is 23.3. The zero-order chi connectivity index (χ0) is 17.7. The predicted molar refractivity (Wildman–Crippen MR) is 93.4 cm³/mol. The zero-order valence-corrected chi connectivity index (χ0v) is 14.6. The molecule has 1 saturated heterocycles. The van der Waals surface area contributed by atoms with Crippen molar-refractivity contribution in [3.05, 3.63) is 30.1 Å². The lowest BCUT2D eigenvalue weighted by molar-refractivity contribution is -0.139. The highest BCUT2D eigenvalue weighted by Gasteiger charge is 2.33. The molecule has 1 saturated carbocycles. The standard InChI is InChI=1S/C19H27N3O3/c23-17-8-7-15(12-22(17)13-16-6-2-5-11-20-16)18(24)21-14-19(25)9-3-1-4-10-19/h2,5-6,11,15,25H,1,3-4,7-10,12-14H2,(H,21,24)/t15-/m0/s1. The number of nitrogens with zero attached hydrogens (tertiary/aromatic N) is 2. The number of hydrogen-bond donors (Lipinski definition) is 2. The van der Waals surface area contributed by atoms with Crippen LogP contribution in [0, 0.1) is 5.92 Å². The first kappa shape index (κ1) is 17.9. The summed E-state index contributed by atoms with van der Waals surface area (Å²) in [6.07, 6.45) is 7.36. The molecule has 6 heteroatoms. The molecular weight excluding hydrogens is 318 g/mol. The number of carbonyl (C=O) groups is 2. The summed E-state index contributed by atoms with van der Waals surface area (Å²) < 4.78 is 0. The van der Waals surface area contributed by atoms with Crippen LogP contribution in [-0.4, -0.2) is 45.5 Å². The number of aliphatic hydroxyl groups is 1. The Bertz CT molecular complexity index is 599. The largest absolute Gasteiger partial charge is 0.388 e. The summed E-state index contributed by atoms with van der Waals surface area (Å²) in [5, 5.41) is 13.4. The molecule has 2 aliphatic rings. The van der Waals surface area contributed by atoms with E-state index in [1.165, 1.54) is 0 Å². The lowest BCUT2D eigenvalue weighted by Gasteiger charge is -2.34. The van der Waals surface area contributed by atoms with Gasteiger partial charge in [0.25, 0.3) is 0 Å². The molecular formula is C19H27N3O3. The fourth-order valence-corrected chi connectivity index (χ4v) is 3.75. The third kappa shape index (κ3) is 4.78. The average Bonchev–Trinajstić information content (AvgIpc) is 2.63. The van der Waals surface area contributed by atoms with Crippen LogP contribution in [0.5, 0.6) is 0 Å². The Labute approximate surface area is 148 Å². The Kier molecular flexibility index (Phi) is 5.68. The van der Waals surface area contributed by atoms with Gasteiger partial charge in [0.1, 0.15) is 0 Å². The molecule has 2 amide bonds. The molecule has 0 radical (unpaired) electrons. The quantitative estimate of drug-likeness (QED) is 0.850. The summed E-state index contributed by atoms with van der Waals surface area (Å²) in [4.78, 5) is 30.6. The van der Waals surface area contributed by atoms with Crippen molar-refractivity contribution in [2.75, 3.05) is 13.1 Å². The van der Waals surface area contributed by atoms with Crippen LogP contribution in [0.2, 0.25) is 0 Å². The van der Waals surface area contributed by atoms with Gasteiger partial charge in [-0.15, -0.1) is 0 Å². The minimum absolute atomic E-state index is 0.0579. The number of nitrogens with one attached hydrogen (secondary N) is 1. The molecule has 3 rings (SSSR count). The van der Waals surface area contributed by atoms with Crippen molar-refractivity contribution in [3.8, 4) is 0 Å². The SMILES string of the molecule is O=C(NCC1(O)CCCCC1)[C@H]1CCC(=O)N(Cc2ccccn2)C1. The molecule has 0 unspecified atom stereocenters. The van der Waals surface area contributed by atoms with Gasteiger partial charge in [0, 0.05) is 25.7 Å². The van der Waals surface area contributed by atoms with Crippen LogP contribution in [0.1, 0.15) is 50.6 Å². The molecule has 1 atom stereocenters. The second kappa shape index (κ2) is 7.95. The van der Waals surface area contributed by atoms with Crippen LogP contribution in [0.3, 0.4) is 0 Å². The third-order valence-corrected chi connectivity index (χ3v) is 5.33. The van der Waals surface area contributed by atoms with Gasteiger partial charge in [0.05, 0.1) is 23.8 Å². The molecule has 1 aliphatic heterocycles. The van der Waals surface area contributed by atoms with E-state index < -0.39 is 5.60 Å². The van der Waals surface area contributed by atoms with Gasteiger partial charge in [0.15, 0.2) is 0 Å². The maximum Gasteiger partial charge on any atom is 0.225 e. The van der Waals surface area contributed by atoms with Crippen LogP contribution in [0.25, 0.3) is 0 Å². The maximum absolute atomic E-state index is 12.5. The van der Waals surface area contributed by atoms with Gasteiger partial charge in [-0.25, -0.2) is 0 Å². The van der Waals surface area contributed by atoms with Crippen LogP contribution in [-0.2, 0) is 16.1 Å². The van der Waals surface area contributed by atoms with Crippen LogP contribution >= 0.6 is 0 Å². The van der Waals surface area contributed by atoms with Crippen molar-refractivity contribution in [1.82, 2.24) is 15.2 Å². The summed E-state index contributed by atoms with van der Waals surface area (Å²) in [5.74, 6) is -0.202. The van der Waals surface area contributed by atoms with E-state index >= 15 is 0 Å². The topological polar surface area (TPSA) is 82.5 Å². The van der Waals surface area contributed by atoms with E-state index in [2.05, 4.69) is 10.3 Å². The highest BCUT2D eigenvalue weighted by Crippen LogP contribution is 2.27. The number of piperidine rings is 1. The van der Waals surface area contributed by atoms with E-state index in [0.29, 0.717) is 32.5 Å². The molecule has 2 N–H and O–H groups in total. The molecule has 1 aromatic rings. The van der Waals surface area contributed by atoms with Crippen LogP contribution in [0.4, 0.5) is 0 Å². The smallest absolute Gasteiger partial charge is 0.225 e. The predicted octanol–water partition coefficient (Wildman–Crippen LogP) is 1.63. The number of carbonyl (C=O) groups excluding carboxylic acids is 2. The molecule has 0 bridgehead atoms. The van der Waals surface area contributed by atoms with Crippen molar-refractivity contribution >= 4 is 11.8 Å². The summed E-state index contributed by atoms with van der Waals surface area (Å²) in [5.41, 5.74) is 0.0694. The first-order chi connectivity index (χ1) is 12.1. The third-order valence-electron chi connectivity index (χ3n) is 5.33. The molecule has 2 fully saturated rings. The van der Waals surface area contributed by atoms with E-state index in [4.69, 9.17) is 0 Å². The number of aromatic nitrogens is 1. The molecule has 136 valence electrons. The summed E-state index contributed by atoms with van der Waals surface area (Å²) in [7, 11) is 0. The van der Waals surface area contributed by atoms with Crippen LogP contribution < -0.4 is 5.32 Å². The molecule has 0 spiro atoms. The summed E-state index contributed by atoms with van der Waals surface area (Å²) in [6, 6.07) is 5.62. The van der Waals surface area contributed by atoms with Crippen molar-refractivity contribution in [1.29, 1.82) is 0 Å². The Morgan fingerprint density at radius 1 is 1.32 bits per heavy atom. The van der Waals surface area contributed by atoms with Gasteiger partial charge in [-0.05, 0) is 31.4 Å². The van der Waals surface area contributed by atoms with Crippen molar-refractivity contribution in [2.45, 2.75) is 57.1 Å². The molecule has 0 aromatic carbocycles. The van der Waals surface area contributed by atoms with Crippen molar-refractivity contribution < 1.29 is 14.7 Å². The van der Waals surface area contributed by atoms with Crippen LogP contribution in [0.15, 0.2) is 24.4 Å². The van der Waals surface area contributed by atoms with E-state index in [1.807, 2.05) is 18.2 Å². The number of rotatable bonds is 5.